The van der Waals surface area contributed by atoms with Crippen LogP contribution >= 0.6 is 11.6 Å². The number of ether oxygens (including phenoxy) is 2. The number of hydrogen-bond donors (Lipinski definition) is 2. The molecule has 0 saturated carbocycles. The highest BCUT2D eigenvalue weighted by Gasteiger charge is 2.08. The van der Waals surface area contributed by atoms with Crippen molar-refractivity contribution in [2.24, 2.45) is 10.7 Å². The molecule has 0 atom stereocenters. The first-order chi connectivity index (χ1) is 12.1. The summed E-state index contributed by atoms with van der Waals surface area (Å²) in [4.78, 5) is 6.74. The number of rotatable bonds is 9. The fraction of sp³-hybridized carbons (Fsp3) is 0.611. The van der Waals surface area contributed by atoms with Gasteiger partial charge in [-0.25, -0.2) is 0 Å². The lowest BCUT2D eigenvalue weighted by atomic mass is 10.2. The van der Waals surface area contributed by atoms with E-state index in [4.69, 9.17) is 26.8 Å². The Bertz CT molecular complexity index is 548. The van der Waals surface area contributed by atoms with Gasteiger partial charge in [0, 0.05) is 37.6 Å². The summed E-state index contributed by atoms with van der Waals surface area (Å²) in [6.45, 7) is 8.88. The highest BCUT2D eigenvalue weighted by molar-refractivity contribution is 6.30. The van der Waals surface area contributed by atoms with E-state index in [1.54, 1.807) is 0 Å². The second kappa shape index (κ2) is 11.2. The van der Waals surface area contributed by atoms with Gasteiger partial charge < -0.3 is 20.5 Å². The zero-order valence-corrected chi connectivity index (χ0v) is 15.7. The minimum absolute atomic E-state index is 0.504. The van der Waals surface area contributed by atoms with Gasteiger partial charge in [0.15, 0.2) is 5.96 Å². The van der Waals surface area contributed by atoms with Crippen LogP contribution in [0.4, 0.5) is 0 Å². The highest BCUT2D eigenvalue weighted by Crippen LogP contribution is 2.21. The summed E-state index contributed by atoms with van der Waals surface area (Å²) in [6, 6.07) is 5.63. The predicted molar refractivity (Wildman–Crippen MR) is 103 cm³/mol. The van der Waals surface area contributed by atoms with Gasteiger partial charge in [0.2, 0.25) is 0 Å². The van der Waals surface area contributed by atoms with Gasteiger partial charge in [-0.1, -0.05) is 11.6 Å². The van der Waals surface area contributed by atoms with E-state index in [0.29, 0.717) is 19.1 Å². The Kier molecular flexibility index (Phi) is 8.86. The molecule has 0 bridgehead atoms. The molecule has 1 aliphatic rings. The Hall–Kier alpha value is -1.50. The molecule has 2 rings (SSSR count). The number of aliphatic imine (C=N–C) groups is 1. The van der Waals surface area contributed by atoms with Crippen LogP contribution < -0.4 is 15.8 Å². The third-order valence-electron chi connectivity index (χ3n) is 4.04. The first kappa shape index (κ1) is 19.8. The third kappa shape index (κ3) is 7.94. The molecule has 0 radical (unpaired) electrons. The molecule has 0 aliphatic carbocycles. The van der Waals surface area contributed by atoms with E-state index in [1.807, 2.05) is 25.1 Å². The molecule has 1 aliphatic heterocycles. The van der Waals surface area contributed by atoms with Gasteiger partial charge in [-0.15, -0.1) is 0 Å². The molecule has 1 heterocycles. The zero-order chi connectivity index (χ0) is 17.9. The molecule has 0 amide bonds. The number of morpholine rings is 1. The zero-order valence-electron chi connectivity index (χ0n) is 15.0. The Labute approximate surface area is 155 Å². The van der Waals surface area contributed by atoms with Crippen LogP contribution in [0.15, 0.2) is 23.2 Å². The van der Waals surface area contributed by atoms with E-state index in [0.717, 1.165) is 68.6 Å². The third-order valence-corrected chi connectivity index (χ3v) is 4.28. The highest BCUT2D eigenvalue weighted by atomic mass is 35.5. The smallest absolute Gasteiger partial charge is 0.188 e. The van der Waals surface area contributed by atoms with E-state index in [-0.39, 0.29) is 0 Å². The second-order valence-electron chi connectivity index (χ2n) is 6.11. The van der Waals surface area contributed by atoms with Crippen molar-refractivity contribution in [3.63, 3.8) is 0 Å². The molecule has 1 saturated heterocycles. The van der Waals surface area contributed by atoms with Gasteiger partial charge in [0.1, 0.15) is 5.75 Å². The lowest BCUT2D eigenvalue weighted by molar-refractivity contribution is 0.0376. The maximum absolute atomic E-state index is 5.93. The van der Waals surface area contributed by atoms with Gasteiger partial charge in [-0.3, -0.25) is 9.89 Å². The molecule has 1 aromatic carbocycles. The standard InChI is InChI=1S/C18H29ClN4O2/c1-15-14-16(19)4-5-17(15)25-11-3-7-22-18(20)21-6-2-8-23-9-12-24-13-10-23/h4-5,14H,2-3,6-13H2,1H3,(H3,20,21,22). The average Bonchev–Trinajstić information content (AvgIpc) is 2.61. The molecular weight excluding hydrogens is 340 g/mol. The Balaban J connectivity index is 1.52. The van der Waals surface area contributed by atoms with Crippen molar-refractivity contribution in [2.45, 2.75) is 19.8 Å². The van der Waals surface area contributed by atoms with Crippen LogP contribution in [0, 0.1) is 6.92 Å². The van der Waals surface area contributed by atoms with Gasteiger partial charge in [-0.2, -0.15) is 0 Å². The quantitative estimate of drug-likeness (QED) is 0.396. The number of guanidine groups is 1. The summed E-state index contributed by atoms with van der Waals surface area (Å²) >= 11 is 5.93. The fourth-order valence-corrected chi connectivity index (χ4v) is 2.85. The summed E-state index contributed by atoms with van der Waals surface area (Å²) in [7, 11) is 0. The van der Waals surface area contributed by atoms with Crippen LogP contribution in [-0.2, 0) is 4.74 Å². The Morgan fingerprint density at radius 1 is 1.36 bits per heavy atom. The normalized spacial score (nSPS) is 16.0. The lowest BCUT2D eigenvalue weighted by Gasteiger charge is -2.26. The molecule has 6 nitrogen and oxygen atoms in total. The van der Waals surface area contributed by atoms with Crippen molar-refractivity contribution in [1.29, 1.82) is 0 Å². The molecular formula is C18H29ClN4O2. The summed E-state index contributed by atoms with van der Waals surface area (Å²) in [5, 5.41) is 3.88. The van der Waals surface area contributed by atoms with Gasteiger partial charge in [0.25, 0.3) is 0 Å². The average molecular weight is 369 g/mol. The number of nitrogens with two attached hydrogens (primary N) is 1. The SMILES string of the molecule is Cc1cc(Cl)ccc1OCCCN=C(N)NCCCN1CCOCC1. The van der Waals surface area contributed by atoms with E-state index in [1.165, 1.54) is 0 Å². The number of benzene rings is 1. The van der Waals surface area contributed by atoms with Crippen LogP contribution in [-0.4, -0.2) is 63.4 Å². The number of nitrogens with zero attached hydrogens (tertiary/aromatic N) is 2. The summed E-state index contributed by atoms with van der Waals surface area (Å²) in [5.74, 6) is 1.37. The second-order valence-corrected chi connectivity index (χ2v) is 6.55. The minimum atomic E-state index is 0.504. The van der Waals surface area contributed by atoms with Crippen LogP contribution in [0.3, 0.4) is 0 Å². The van der Waals surface area contributed by atoms with Crippen molar-refractivity contribution >= 4 is 17.6 Å². The van der Waals surface area contributed by atoms with E-state index < -0.39 is 0 Å². The van der Waals surface area contributed by atoms with E-state index in [2.05, 4.69) is 15.2 Å². The molecule has 0 unspecified atom stereocenters. The van der Waals surface area contributed by atoms with E-state index >= 15 is 0 Å². The maximum atomic E-state index is 5.93. The van der Waals surface area contributed by atoms with Crippen LogP contribution in [0.5, 0.6) is 5.75 Å². The summed E-state index contributed by atoms with van der Waals surface area (Å²) in [5.41, 5.74) is 6.92. The van der Waals surface area contributed by atoms with E-state index in [9.17, 15) is 0 Å². The maximum Gasteiger partial charge on any atom is 0.188 e. The molecule has 1 fully saturated rings. The van der Waals surface area contributed by atoms with Crippen LogP contribution in [0.1, 0.15) is 18.4 Å². The number of aryl methyl sites for hydroxylation is 1. The topological polar surface area (TPSA) is 72.1 Å². The molecule has 25 heavy (non-hydrogen) atoms. The van der Waals surface area contributed by atoms with Crippen molar-refractivity contribution in [2.75, 3.05) is 52.5 Å². The van der Waals surface area contributed by atoms with Crippen molar-refractivity contribution < 1.29 is 9.47 Å². The minimum Gasteiger partial charge on any atom is -0.493 e. The lowest BCUT2D eigenvalue weighted by Crippen LogP contribution is -2.39. The molecule has 0 aromatic heterocycles. The Morgan fingerprint density at radius 2 is 2.16 bits per heavy atom. The number of hydrogen-bond acceptors (Lipinski definition) is 4. The van der Waals surface area contributed by atoms with Gasteiger partial charge >= 0.3 is 0 Å². The number of nitrogens with one attached hydrogen (secondary N) is 1. The summed E-state index contributed by atoms with van der Waals surface area (Å²) in [6.07, 6.45) is 1.87. The number of halogens is 1. The van der Waals surface area contributed by atoms with Gasteiger partial charge in [0.05, 0.1) is 19.8 Å². The van der Waals surface area contributed by atoms with Gasteiger partial charge in [-0.05, 0) is 43.7 Å². The molecule has 7 heteroatoms. The fourth-order valence-electron chi connectivity index (χ4n) is 2.62. The predicted octanol–water partition coefficient (Wildman–Crippen LogP) is 2.04. The largest absolute Gasteiger partial charge is 0.493 e. The van der Waals surface area contributed by atoms with Crippen molar-refractivity contribution in [3.8, 4) is 5.75 Å². The Morgan fingerprint density at radius 3 is 2.92 bits per heavy atom. The van der Waals surface area contributed by atoms with Crippen molar-refractivity contribution in [1.82, 2.24) is 10.2 Å². The van der Waals surface area contributed by atoms with Crippen molar-refractivity contribution in [3.05, 3.63) is 28.8 Å². The van der Waals surface area contributed by atoms with Crippen LogP contribution in [0.25, 0.3) is 0 Å². The molecule has 1 aromatic rings. The first-order valence-electron chi connectivity index (χ1n) is 8.88. The summed E-state index contributed by atoms with van der Waals surface area (Å²) < 4.78 is 11.1. The molecule has 0 spiro atoms. The van der Waals surface area contributed by atoms with Crippen LogP contribution in [0.2, 0.25) is 5.02 Å². The molecule has 140 valence electrons. The molecule has 3 N–H and O–H groups in total. The monoisotopic (exact) mass is 368 g/mol. The first-order valence-corrected chi connectivity index (χ1v) is 9.26.